The van der Waals surface area contributed by atoms with E-state index in [1.54, 1.807) is 35.9 Å². The number of nitrogens with zero attached hydrogens (tertiary/aromatic N) is 3. The first-order valence-electron chi connectivity index (χ1n) is 10.7. The Morgan fingerprint density at radius 1 is 1.16 bits per heavy atom. The summed E-state index contributed by atoms with van der Waals surface area (Å²) in [7, 11) is 1.77. The molecule has 0 saturated heterocycles. The highest BCUT2D eigenvalue weighted by atomic mass is 32.2. The zero-order valence-electron chi connectivity index (χ0n) is 17.4. The third-order valence-electron chi connectivity index (χ3n) is 6.34. The molecule has 0 spiro atoms. The lowest BCUT2D eigenvalue weighted by molar-refractivity contribution is 0.0552. The number of halogens is 2. The van der Waals surface area contributed by atoms with Crippen molar-refractivity contribution in [3.05, 3.63) is 76.3 Å². The van der Waals surface area contributed by atoms with E-state index in [0.717, 1.165) is 47.6 Å². The normalized spacial score (nSPS) is 23.4. The lowest BCUT2D eigenvalue weighted by atomic mass is 9.90. The van der Waals surface area contributed by atoms with Crippen molar-refractivity contribution in [1.82, 2.24) is 14.7 Å². The van der Waals surface area contributed by atoms with Crippen molar-refractivity contribution in [3.8, 4) is 11.1 Å². The molecule has 3 heterocycles. The van der Waals surface area contributed by atoms with Gasteiger partial charge in [-0.2, -0.15) is 5.10 Å². The molecule has 2 aromatic rings. The van der Waals surface area contributed by atoms with E-state index in [1.807, 2.05) is 12.3 Å². The van der Waals surface area contributed by atoms with E-state index in [-0.39, 0.29) is 24.1 Å². The fourth-order valence-corrected chi connectivity index (χ4v) is 5.79. The number of hydrogen-bond donors (Lipinski definition) is 1. The van der Waals surface area contributed by atoms with Crippen LogP contribution in [0.5, 0.6) is 0 Å². The van der Waals surface area contributed by atoms with Crippen LogP contribution in [-0.2, 0) is 13.5 Å². The lowest BCUT2D eigenvalue weighted by Gasteiger charge is -2.39. The molecule has 1 fully saturated rings. The van der Waals surface area contributed by atoms with Gasteiger partial charge >= 0.3 is 0 Å². The predicted molar refractivity (Wildman–Crippen MR) is 119 cm³/mol. The molecule has 1 aliphatic carbocycles. The molecule has 3 aliphatic rings. The van der Waals surface area contributed by atoms with E-state index >= 15 is 0 Å². The van der Waals surface area contributed by atoms with E-state index < -0.39 is 11.6 Å². The summed E-state index contributed by atoms with van der Waals surface area (Å²) in [5, 5.41) is 14.6. The predicted octanol–water partition coefficient (Wildman–Crippen LogP) is 4.93. The Morgan fingerprint density at radius 2 is 1.94 bits per heavy atom. The second-order valence-electron chi connectivity index (χ2n) is 8.39. The van der Waals surface area contributed by atoms with Gasteiger partial charge in [-0.15, -0.1) is 11.8 Å². The van der Waals surface area contributed by atoms with Crippen LogP contribution in [0.25, 0.3) is 11.1 Å². The van der Waals surface area contributed by atoms with Crippen LogP contribution in [0.4, 0.5) is 8.78 Å². The Balaban J connectivity index is 1.42. The Hall–Kier alpha value is -2.38. The van der Waals surface area contributed by atoms with Crippen LogP contribution >= 0.6 is 11.8 Å². The molecule has 5 rings (SSSR count). The summed E-state index contributed by atoms with van der Waals surface area (Å²) in [6, 6.07) is 2.84. The molecule has 2 atom stereocenters. The third-order valence-corrected chi connectivity index (χ3v) is 7.43. The second-order valence-corrected chi connectivity index (χ2v) is 9.43. The van der Waals surface area contributed by atoms with E-state index in [0.29, 0.717) is 11.1 Å². The number of hydrogen-bond acceptors (Lipinski definition) is 4. The number of thioether (sulfide) groups is 1. The summed E-state index contributed by atoms with van der Waals surface area (Å²) in [5.41, 5.74) is 3.24. The highest BCUT2D eigenvalue weighted by molar-refractivity contribution is 8.03. The van der Waals surface area contributed by atoms with Gasteiger partial charge in [0.15, 0.2) is 0 Å². The van der Waals surface area contributed by atoms with Gasteiger partial charge in [0.2, 0.25) is 0 Å². The summed E-state index contributed by atoms with van der Waals surface area (Å²) in [5.74, 6) is -0.252. The van der Waals surface area contributed by atoms with E-state index in [9.17, 15) is 13.9 Å². The molecule has 0 unspecified atom stereocenters. The van der Waals surface area contributed by atoms with Crippen LogP contribution in [0, 0.1) is 11.6 Å². The molecule has 0 bridgehead atoms. The monoisotopic (exact) mass is 441 g/mol. The molecule has 2 aliphatic heterocycles. The minimum Gasteiger partial charge on any atom is -0.391 e. The second kappa shape index (κ2) is 8.28. The molecule has 7 heteroatoms. The van der Waals surface area contributed by atoms with Gasteiger partial charge in [-0.25, -0.2) is 8.78 Å². The number of aliphatic hydroxyl groups is 1. The molecular formula is C24H25F2N3OS. The third kappa shape index (κ3) is 3.85. The van der Waals surface area contributed by atoms with Crippen molar-refractivity contribution in [2.45, 2.75) is 44.2 Å². The van der Waals surface area contributed by atoms with Gasteiger partial charge in [0.1, 0.15) is 11.6 Å². The van der Waals surface area contributed by atoms with Gasteiger partial charge < -0.3 is 10.0 Å². The van der Waals surface area contributed by atoms with Gasteiger partial charge in [-0.1, -0.05) is 12.8 Å². The highest BCUT2D eigenvalue weighted by Gasteiger charge is 2.34. The summed E-state index contributed by atoms with van der Waals surface area (Å²) in [6.07, 6.45) is 13.2. The molecular weight excluding hydrogens is 416 g/mol. The van der Waals surface area contributed by atoms with Crippen molar-refractivity contribution >= 4 is 11.8 Å². The molecule has 31 heavy (non-hydrogen) atoms. The number of allylic oxidation sites excluding steroid dienone is 2. The number of fused-ring (bicyclic) bond motifs is 1. The number of aliphatic hydroxyl groups excluding tert-OH is 1. The largest absolute Gasteiger partial charge is 0.391 e. The molecule has 1 aromatic heterocycles. The highest BCUT2D eigenvalue weighted by Crippen LogP contribution is 2.43. The fourth-order valence-electron chi connectivity index (χ4n) is 4.72. The minimum absolute atomic E-state index is 0.0683. The van der Waals surface area contributed by atoms with Crippen LogP contribution in [-0.4, -0.2) is 37.7 Å². The van der Waals surface area contributed by atoms with E-state index in [2.05, 4.69) is 16.1 Å². The fraction of sp³-hybridized carbons (Fsp3) is 0.375. The molecule has 162 valence electrons. The van der Waals surface area contributed by atoms with Gasteiger partial charge in [0.05, 0.1) is 24.0 Å². The number of aromatic nitrogens is 2. The molecule has 4 nitrogen and oxygen atoms in total. The van der Waals surface area contributed by atoms with Crippen LogP contribution in [0.2, 0.25) is 0 Å². The molecule has 0 amide bonds. The smallest absolute Gasteiger partial charge is 0.130 e. The quantitative estimate of drug-likeness (QED) is 0.731. The van der Waals surface area contributed by atoms with Gasteiger partial charge in [-0.3, -0.25) is 4.68 Å². The van der Waals surface area contributed by atoms with Crippen LogP contribution in [0.15, 0.2) is 59.1 Å². The Labute approximate surface area is 184 Å². The first-order chi connectivity index (χ1) is 15.0. The Kier molecular flexibility index (Phi) is 5.48. The zero-order chi connectivity index (χ0) is 21.5. The molecule has 1 saturated carbocycles. The van der Waals surface area contributed by atoms with Crippen molar-refractivity contribution in [1.29, 1.82) is 0 Å². The average Bonchev–Trinajstić information content (AvgIpc) is 3.41. The summed E-state index contributed by atoms with van der Waals surface area (Å²) in [6.45, 7) is 0. The first-order valence-corrected chi connectivity index (χ1v) is 11.7. The van der Waals surface area contributed by atoms with Crippen LogP contribution in [0.1, 0.15) is 31.2 Å². The van der Waals surface area contributed by atoms with Crippen molar-refractivity contribution < 1.29 is 13.9 Å². The Bertz CT molecular complexity index is 1080. The molecule has 0 radical (unpaired) electrons. The van der Waals surface area contributed by atoms with Gasteiger partial charge in [-0.05, 0) is 48.3 Å². The average molecular weight is 442 g/mol. The minimum atomic E-state index is -0.543. The number of rotatable bonds is 4. The molecule has 1 aromatic carbocycles. The summed E-state index contributed by atoms with van der Waals surface area (Å²) < 4.78 is 31.5. The maximum Gasteiger partial charge on any atom is 0.130 e. The van der Waals surface area contributed by atoms with Crippen LogP contribution < -0.4 is 0 Å². The number of benzene rings is 1. The summed E-state index contributed by atoms with van der Waals surface area (Å²) >= 11 is 1.69. The number of aryl methyl sites for hydroxylation is 1. The van der Waals surface area contributed by atoms with Crippen molar-refractivity contribution in [2.75, 3.05) is 5.75 Å². The van der Waals surface area contributed by atoms with Gasteiger partial charge in [0, 0.05) is 47.7 Å². The maximum absolute atomic E-state index is 14.9. The van der Waals surface area contributed by atoms with Crippen LogP contribution in [0.3, 0.4) is 0 Å². The van der Waals surface area contributed by atoms with E-state index in [1.165, 1.54) is 12.1 Å². The van der Waals surface area contributed by atoms with Crippen molar-refractivity contribution in [3.63, 3.8) is 0 Å². The topological polar surface area (TPSA) is 41.3 Å². The van der Waals surface area contributed by atoms with Crippen molar-refractivity contribution in [2.24, 2.45) is 7.05 Å². The maximum atomic E-state index is 14.9. The molecule has 1 N–H and O–H groups in total. The zero-order valence-corrected chi connectivity index (χ0v) is 18.2. The van der Waals surface area contributed by atoms with Gasteiger partial charge in [0.25, 0.3) is 0 Å². The summed E-state index contributed by atoms with van der Waals surface area (Å²) in [4.78, 5) is 3.23. The van der Waals surface area contributed by atoms with E-state index in [4.69, 9.17) is 0 Å². The SMILES string of the molecule is Cn1cc(-c2cc(F)c(CC3=C4SCC=C4N([C@H]4CCCC[C@@H]4O)C=C3)c(F)c2)cn1. The first kappa shape index (κ1) is 20.5. The standard InChI is InChI=1S/C24H25F2N3OS/c1-28-14-17(13-27-28)16-11-19(25)18(20(26)12-16)10-15-6-8-29(22-7-9-31-24(15)22)21-4-2-3-5-23(21)30/h6-8,11-14,21,23,30H,2-5,9-10H2,1H3/t21-,23-/m0/s1. The Morgan fingerprint density at radius 3 is 2.65 bits per heavy atom. The lowest BCUT2D eigenvalue weighted by Crippen LogP contribution is -2.42.